The van der Waals surface area contributed by atoms with Crippen LogP contribution in [0.1, 0.15) is 12.0 Å². The molecule has 5 heteroatoms. The Kier molecular flexibility index (Phi) is 5.43. The summed E-state index contributed by atoms with van der Waals surface area (Å²) in [4.78, 5) is 14.5. The van der Waals surface area contributed by atoms with E-state index in [2.05, 4.69) is 39.8 Å². The predicted molar refractivity (Wildman–Crippen MR) is 102 cm³/mol. The number of hydrogen-bond donors (Lipinski definition) is 2. The molecule has 0 bridgehead atoms. The molecule has 1 heterocycles. The molecule has 3 rings (SSSR count). The van der Waals surface area contributed by atoms with Gasteiger partial charge in [-0.1, -0.05) is 18.2 Å². The fourth-order valence-electron chi connectivity index (χ4n) is 3.18. The molecule has 2 N–H and O–H groups in total. The fourth-order valence-corrected chi connectivity index (χ4v) is 3.18. The van der Waals surface area contributed by atoms with Crippen molar-refractivity contribution in [3.05, 3.63) is 54.1 Å². The van der Waals surface area contributed by atoms with Gasteiger partial charge in [0.05, 0.1) is 7.11 Å². The van der Waals surface area contributed by atoms with E-state index < -0.39 is 0 Å². The average molecular weight is 339 g/mol. The molecule has 2 aromatic rings. The lowest BCUT2D eigenvalue weighted by molar-refractivity contribution is 0.250. The van der Waals surface area contributed by atoms with Crippen molar-refractivity contribution < 1.29 is 9.53 Å². The number of amides is 2. The SMILES string of the molecule is COc1ccc(NC(=O)NCC2CCN(c3ccccc3)C2)c(C)c1. The summed E-state index contributed by atoms with van der Waals surface area (Å²) in [6, 6.07) is 15.9. The third kappa shape index (κ3) is 4.44. The first-order chi connectivity index (χ1) is 12.2. The van der Waals surface area contributed by atoms with Crippen LogP contribution in [0.2, 0.25) is 0 Å². The maximum atomic E-state index is 12.2. The van der Waals surface area contributed by atoms with Crippen LogP contribution in [-0.4, -0.2) is 32.8 Å². The molecule has 2 aromatic carbocycles. The van der Waals surface area contributed by atoms with Gasteiger partial charge in [-0.3, -0.25) is 0 Å². The van der Waals surface area contributed by atoms with E-state index >= 15 is 0 Å². The summed E-state index contributed by atoms with van der Waals surface area (Å²) in [6.07, 6.45) is 1.09. The number of nitrogens with one attached hydrogen (secondary N) is 2. The first kappa shape index (κ1) is 17.1. The molecule has 0 saturated carbocycles. The van der Waals surface area contributed by atoms with Crippen LogP contribution in [-0.2, 0) is 0 Å². The Labute approximate surface area is 149 Å². The molecule has 1 saturated heterocycles. The summed E-state index contributed by atoms with van der Waals surface area (Å²) in [6.45, 7) is 4.65. The molecular weight excluding hydrogens is 314 g/mol. The number of ether oxygens (including phenoxy) is 1. The number of aryl methyl sites for hydroxylation is 1. The van der Waals surface area contributed by atoms with Crippen molar-refractivity contribution in [2.45, 2.75) is 13.3 Å². The first-order valence-electron chi connectivity index (χ1n) is 8.65. The Hall–Kier alpha value is -2.69. The van der Waals surface area contributed by atoms with Crippen LogP contribution in [0, 0.1) is 12.8 Å². The van der Waals surface area contributed by atoms with E-state index in [4.69, 9.17) is 4.74 Å². The van der Waals surface area contributed by atoms with Crippen molar-refractivity contribution in [2.24, 2.45) is 5.92 Å². The molecule has 0 aliphatic carbocycles. The number of para-hydroxylation sites is 1. The smallest absolute Gasteiger partial charge is 0.319 e. The minimum atomic E-state index is -0.161. The third-order valence-electron chi connectivity index (χ3n) is 4.64. The van der Waals surface area contributed by atoms with Crippen LogP contribution >= 0.6 is 0 Å². The van der Waals surface area contributed by atoms with Gasteiger partial charge in [-0.15, -0.1) is 0 Å². The summed E-state index contributed by atoms with van der Waals surface area (Å²) in [5.74, 6) is 1.26. The van der Waals surface area contributed by atoms with Crippen molar-refractivity contribution in [1.29, 1.82) is 0 Å². The molecule has 1 atom stereocenters. The number of nitrogens with zero attached hydrogens (tertiary/aromatic N) is 1. The molecule has 1 fully saturated rings. The van der Waals surface area contributed by atoms with Crippen LogP contribution in [0.5, 0.6) is 5.75 Å². The van der Waals surface area contributed by atoms with Gasteiger partial charge in [0.1, 0.15) is 5.75 Å². The van der Waals surface area contributed by atoms with Gasteiger partial charge in [-0.2, -0.15) is 0 Å². The molecule has 132 valence electrons. The number of anilines is 2. The second kappa shape index (κ2) is 7.92. The fraction of sp³-hybridized carbons (Fsp3) is 0.350. The van der Waals surface area contributed by atoms with Gasteiger partial charge in [0, 0.05) is 31.0 Å². The van der Waals surface area contributed by atoms with Crippen LogP contribution in [0.3, 0.4) is 0 Å². The monoisotopic (exact) mass is 339 g/mol. The van der Waals surface area contributed by atoms with Gasteiger partial charge in [-0.25, -0.2) is 4.79 Å². The Morgan fingerprint density at radius 1 is 1.24 bits per heavy atom. The average Bonchev–Trinajstić information content (AvgIpc) is 3.11. The van der Waals surface area contributed by atoms with Crippen molar-refractivity contribution in [2.75, 3.05) is 37.0 Å². The van der Waals surface area contributed by atoms with Crippen LogP contribution in [0.4, 0.5) is 16.2 Å². The lowest BCUT2D eigenvalue weighted by Gasteiger charge is -2.19. The standard InChI is InChI=1S/C20H25N3O2/c1-15-12-18(25-2)8-9-19(15)22-20(24)21-13-16-10-11-23(14-16)17-6-4-3-5-7-17/h3-9,12,16H,10-11,13-14H2,1-2H3,(H2,21,22,24). The second-order valence-corrected chi connectivity index (χ2v) is 6.45. The topological polar surface area (TPSA) is 53.6 Å². The van der Waals surface area contributed by atoms with Crippen molar-refractivity contribution in [1.82, 2.24) is 5.32 Å². The Morgan fingerprint density at radius 2 is 2.04 bits per heavy atom. The van der Waals surface area contributed by atoms with Gasteiger partial charge in [0.2, 0.25) is 0 Å². The number of methoxy groups -OCH3 is 1. The summed E-state index contributed by atoms with van der Waals surface area (Å²) in [7, 11) is 1.63. The number of rotatable bonds is 5. The van der Waals surface area contributed by atoms with E-state index in [1.807, 2.05) is 31.2 Å². The number of hydrogen-bond acceptors (Lipinski definition) is 3. The van der Waals surface area contributed by atoms with E-state index in [0.29, 0.717) is 12.5 Å². The van der Waals surface area contributed by atoms with Crippen molar-refractivity contribution >= 4 is 17.4 Å². The zero-order valence-corrected chi connectivity index (χ0v) is 14.8. The predicted octanol–water partition coefficient (Wildman–Crippen LogP) is 3.65. The zero-order valence-electron chi connectivity index (χ0n) is 14.8. The molecule has 0 spiro atoms. The van der Waals surface area contributed by atoms with E-state index in [1.165, 1.54) is 5.69 Å². The molecule has 2 amide bonds. The van der Waals surface area contributed by atoms with Gasteiger partial charge in [0.25, 0.3) is 0 Å². The van der Waals surface area contributed by atoms with E-state index in [-0.39, 0.29) is 6.03 Å². The maximum absolute atomic E-state index is 12.2. The van der Waals surface area contributed by atoms with E-state index in [1.54, 1.807) is 7.11 Å². The largest absolute Gasteiger partial charge is 0.497 e. The Balaban J connectivity index is 1.47. The van der Waals surface area contributed by atoms with Gasteiger partial charge >= 0.3 is 6.03 Å². The van der Waals surface area contributed by atoms with E-state index in [9.17, 15) is 4.79 Å². The highest BCUT2D eigenvalue weighted by molar-refractivity contribution is 5.90. The number of carbonyl (C=O) groups excluding carboxylic acids is 1. The minimum Gasteiger partial charge on any atom is -0.497 e. The summed E-state index contributed by atoms with van der Waals surface area (Å²) >= 11 is 0. The quantitative estimate of drug-likeness (QED) is 0.874. The molecule has 1 unspecified atom stereocenters. The van der Waals surface area contributed by atoms with Crippen LogP contribution in [0.15, 0.2) is 48.5 Å². The van der Waals surface area contributed by atoms with Gasteiger partial charge < -0.3 is 20.3 Å². The summed E-state index contributed by atoms with van der Waals surface area (Å²) in [5.41, 5.74) is 3.03. The number of urea groups is 1. The first-order valence-corrected chi connectivity index (χ1v) is 8.65. The summed E-state index contributed by atoms with van der Waals surface area (Å²) in [5, 5.41) is 5.90. The molecule has 5 nitrogen and oxygen atoms in total. The molecule has 1 aliphatic rings. The molecular formula is C20H25N3O2. The number of carbonyl (C=O) groups is 1. The lowest BCUT2D eigenvalue weighted by atomic mass is 10.1. The zero-order chi connectivity index (χ0) is 17.6. The van der Waals surface area contributed by atoms with Crippen LogP contribution < -0.4 is 20.3 Å². The highest BCUT2D eigenvalue weighted by atomic mass is 16.5. The lowest BCUT2D eigenvalue weighted by Crippen LogP contribution is -2.34. The van der Waals surface area contributed by atoms with Crippen LogP contribution in [0.25, 0.3) is 0 Å². The Bertz CT molecular complexity index is 718. The Morgan fingerprint density at radius 3 is 2.76 bits per heavy atom. The van der Waals surface area contributed by atoms with Gasteiger partial charge in [0.15, 0.2) is 0 Å². The molecule has 1 aliphatic heterocycles. The van der Waals surface area contributed by atoms with E-state index in [0.717, 1.165) is 36.5 Å². The summed E-state index contributed by atoms with van der Waals surface area (Å²) < 4.78 is 5.18. The highest BCUT2D eigenvalue weighted by Gasteiger charge is 2.23. The normalized spacial score (nSPS) is 16.6. The second-order valence-electron chi connectivity index (χ2n) is 6.45. The minimum absolute atomic E-state index is 0.161. The van der Waals surface area contributed by atoms with Crippen molar-refractivity contribution in [3.8, 4) is 5.75 Å². The van der Waals surface area contributed by atoms with Gasteiger partial charge in [-0.05, 0) is 55.2 Å². The molecule has 0 aromatic heterocycles. The maximum Gasteiger partial charge on any atom is 0.319 e. The number of benzene rings is 2. The molecule has 25 heavy (non-hydrogen) atoms. The molecule has 0 radical (unpaired) electrons. The third-order valence-corrected chi connectivity index (χ3v) is 4.64. The highest BCUT2D eigenvalue weighted by Crippen LogP contribution is 2.23. The van der Waals surface area contributed by atoms with Crippen molar-refractivity contribution in [3.63, 3.8) is 0 Å².